The van der Waals surface area contributed by atoms with Gasteiger partial charge in [0.25, 0.3) is 0 Å². The molecule has 1 aliphatic heterocycles. The van der Waals surface area contributed by atoms with E-state index in [4.69, 9.17) is 4.74 Å². The number of phenols is 1. The molecule has 2 atom stereocenters. The Labute approximate surface area is 123 Å². The van der Waals surface area contributed by atoms with E-state index < -0.39 is 0 Å². The summed E-state index contributed by atoms with van der Waals surface area (Å²) in [6, 6.07) is 5.81. The number of hydrogen-bond acceptors (Lipinski definition) is 3. The highest BCUT2D eigenvalue weighted by atomic mass is 79.9. The van der Waals surface area contributed by atoms with Crippen molar-refractivity contribution in [2.45, 2.75) is 32.2 Å². The quantitative estimate of drug-likeness (QED) is 0.838. The maximum Gasteiger partial charge on any atom is 0.120 e. The number of nitrogens with one attached hydrogen (secondary N) is 1. The molecule has 2 N–H and O–H groups in total. The van der Waals surface area contributed by atoms with E-state index >= 15 is 0 Å². The van der Waals surface area contributed by atoms with Gasteiger partial charge in [-0.15, -0.1) is 0 Å². The van der Waals surface area contributed by atoms with Gasteiger partial charge in [-0.05, 0) is 49.9 Å². The molecule has 1 fully saturated rings. The minimum atomic E-state index is 0.208. The van der Waals surface area contributed by atoms with Crippen molar-refractivity contribution < 1.29 is 9.84 Å². The number of rotatable bonds is 6. The van der Waals surface area contributed by atoms with Crippen LogP contribution < -0.4 is 5.32 Å². The number of hydrogen-bond donors (Lipinski definition) is 2. The molecule has 0 spiro atoms. The van der Waals surface area contributed by atoms with Gasteiger partial charge in [-0.2, -0.15) is 0 Å². The van der Waals surface area contributed by atoms with Crippen molar-refractivity contribution in [2.24, 2.45) is 5.92 Å². The average molecular weight is 328 g/mol. The fraction of sp³-hybridized carbons (Fsp3) is 0.600. The number of halogens is 1. The van der Waals surface area contributed by atoms with Crippen molar-refractivity contribution >= 4 is 15.9 Å². The third-order valence-electron chi connectivity index (χ3n) is 3.74. The van der Waals surface area contributed by atoms with E-state index in [1.807, 2.05) is 12.1 Å². The maximum atomic E-state index is 9.97. The number of phenolic OH excluding ortho intramolecular Hbond substituents is 1. The normalized spacial score (nSPS) is 20.6. The van der Waals surface area contributed by atoms with Crippen LogP contribution in [-0.2, 0) is 4.74 Å². The van der Waals surface area contributed by atoms with Gasteiger partial charge in [0.2, 0.25) is 0 Å². The van der Waals surface area contributed by atoms with Crippen molar-refractivity contribution in [1.29, 1.82) is 0 Å². The van der Waals surface area contributed by atoms with E-state index in [1.54, 1.807) is 6.07 Å². The summed E-state index contributed by atoms with van der Waals surface area (Å²) in [6.07, 6.45) is 3.29. The summed E-state index contributed by atoms with van der Waals surface area (Å²) in [6.45, 7) is 4.92. The lowest BCUT2D eigenvalue weighted by Gasteiger charge is -2.20. The van der Waals surface area contributed by atoms with Crippen LogP contribution in [0.1, 0.15) is 37.8 Å². The standard InChI is InChI=1S/C15H22BrNO2/c1-2-14(13-9-12(16)3-4-15(13)18)17-7-5-11-6-8-19-10-11/h3-4,9,11,14,17-18H,2,5-8,10H2,1H3. The molecule has 1 saturated heterocycles. The zero-order valence-electron chi connectivity index (χ0n) is 11.4. The SMILES string of the molecule is CCC(NCCC1CCOC1)c1cc(Br)ccc1O. The lowest BCUT2D eigenvalue weighted by atomic mass is 10.0. The molecule has 1 aliphatic rings. The number of ether oxygens (including phenoxy) is 1. The first kappa shape index (κ1) is 14.8. The van der Waals surface area contributed by atoms with Gasteiger partial charge in [0, 0.05) is 29.3 Å². The van der Waals surface area contributed by atoms with E-state index in [0.717, 1.165) is 42.6 Å². The van der Waals surface area contributed by atoms with Crippen LogP contribution in [0, 0.1) is 5.92 Å². The zero-order chi connectivity index (χ0) is 13.7. The minimum Gasteiger partial charge on any atom is -0.508 e. The fourth-order valence-corrected chi connectivity index (χ4v) is 2.93. The van der Waals surface area contributed by atoms with E-state index in [9.17, 15) is 5.11 Å². The first-order valence-electron chi connectivity index (χ1n) is 7.00. The summed E-state index contributed by atoms with van der Waals surface area (Å²) in [5.41, 5.74) is 0.972. The van der Waals surface area contributed by atoms with Crippen LogP contribution in [0.4, 0.5) is 0 Å². The Morgan fingerprint density at radius 1 is 1.53 bits per heavy atom. The molecule has 0 aromatic heterocycles. The highest BCUT2D eigenvalue weighted by molar-refractivity contribution is 9.10. The first-order valence-corrected chi connectivity index (χ1v) is 7.79. The topological polar surface area (TPSA) is 41.5 Å². The van der Waals surface area contributed by atoms with Gasteiger partial charge in [-0.25, -0.2) is 0 Å². The summed E-state index contributed by atoms with van der Waals surface area (Å²) in [5.74, 6) is 1.06. The number of benzene rings is 1. The fourth-order valence-electron chi connectivity index (χ4n) is 2.55. The predicted molar refractivity (Wildman–Crippen MR) is 80.4 cm³/mol. The van der Waals surface area contributed by atoms with Gasteiger partial charge in [0.05, 0.1) is 0 Å². The van der Waals surface area contributed by atoms with Crippen molar-refractivity contribution in [2.75, 3.05) is 19.8 Å². The van der Waals surface area contributed by atoms with Crippen LogP contribution >= 0.6 is 15.9 Å². The van der Waals surface area contributed by atoms with Gasteiger partial charge < -0.3 is 15.2 Å². The zero-order valence-corrected chi connectivity index (χ0v) is 12.9. The highest BCUT2D eigenvalue weighted by Gasteiger charge is 2.17. The molecular weight excluding hydrogens is 306 g/mol. The molecule has 0 amide bonds. The summed E-state index contributed by atoms with van der Waals surface area (Å²) in [5, 5.41) is 13.5. The average Bonchev–Trinajstić information content (AvgIpc) is 2.91. The Bertz CT molecular complexity index is 405. The molecule has 0 bridgehead atoms. The Morgan fingerprint density at radius 3 is 3.05 bits per heavy atom. The maximum absolute atomic E-state index is 9.97. The smallest absolute Gasteiger partial charge is 0.120 e. The van der Waals surface area contributed by atoms with Crippen LogP contribution in [0.15, 0.2) is 22.7 Å². The van der Waals surface area contributed by atoms with Crippen molar-refractivity contribution in [3.63, 3.8) is 0 Å². The van der Waals surface area contributed by atoms with E-state index in [2.05, 4.69) is 28.2 Å². The monoisotopic (exact) mass is 327 g/mol. The molecular formula is C15H22BrNO2. The van der Waals surface area contributed by atoms with Crippen LogP contribution in [0.2, 0.25) is 0 Å². The lowest BCUT2D eigenvalue weighted by Crippen LogP contribution is -2.24. The van der Waals surface area contributed by atoms with Gasteiger partial charge in [-0.3, -0.25) is 0 Å². The van der Waals surface area contributed by atoms with Crippen molar-refractivity contribution in [3.05, 3.63) is 28.2 Å². The second kappa shape index (κ2) is 7.27. The van der Waals surface area contributed by atoms with Gasteiger partial charge >= 0.3 is 0 Å². The van der Waals surface area contributed by atoms with E-state index in [1.165, 1.54) is 6.42 Å². The van der Waals surface area contributed by atoms with Crippen molar-refractivity contribution in [3.8, 4) is 5.75 Å². The van der Waals surface area contributed by atoms with Crippen LogP contribution in [0.25, 0.3) is 0 Å². The third kappa shape index (κ3) is 4.20. The van der Waals surface area contributed by atoms with Crippen LogP contribution in [0.3, 0.4) is 0 Å². The van der Waals surface area contributed by atoms with E-state index in [0.29, 0.717) is 11.7 Å². The van der Waals surface area contributed by atoms with Gasteiger partial charge in [0.1, 0.15) is 5.75 Å². The van der Waals surface area contributed by atoms with E-state index in [-0.39, 0.29) is 6.04 Å². The predicted octanol–water partition coefficient (Wildman–Crippen LogP) is 3.62. The second-order valence-corrected chi connectivity index (χ2v) is 6.05. The molecule has 1 aromatic rings. The third-order valence-corrected chi connectivity index (χ3v) is 4.23. The Morgan fingerprint density at radius 2 is 2.37 bits per heavy atom. The number of aromatic hydroxyl groups is 1. The Kier molecular flexibility index (Phi) is 5.67. The molecule has 106 valence electrons. The second-order valence-electron chi connectivity index (χ2n) is 5.14. The van der Waals surface area contributed by atoms with Crippen LogP contribution in [-0.4, -0.2) is 24.9 Å². The lowest BCUT2D eigenvalue weighted by molar-refractivity contribution is 0.184. The summed E-state index contributed by atoms with van der Waals surface area (Å²) in [4.78, 5) is 0. The summed E-state index contributed by atoms with van der Waals surface area (Å²) in [7, 11) is 0. The highest BCUT2D eigenvalue weighted by Crippen LogP contribution is 2.29. The molecule has 2 unspecified atom stereocenters. The molecule has 0 saturated carbocycles. The molecule has 2 rings (SSSR count). The Balaban J connectivity index is 1.89. The molecule has 0 aliphatic carbocycles. The molecule has 19 heavy (non-hydrogen) atoms. The van der Waals surface area contributed by atoms with Gasteiger partial charge in [0.15, 0.2) is 0 Å². The van der Waals surface area contributed by atoms with Crippen LogP contribution in [0.5, 0.6) is 5.75 Å². The molecule has 3 nitrogen and oxygen atoms in total. The molecule has 1 aromatic carbocycles. The minimum absolute atomic E-state index is 0.208. The van der Waals surface area contributed by atoms with Gasteiger partial charge in [-0.1, -0.05) is 22.9 Å². The molecule has 0 radical (unpaired) electrons. The summed E-state index contributed by atoms with van der Waals surface area (Å²) >= 11 is 3.46. The molecule has 4 heteroatoms. The Hall–Kier alpha value is -0.580. The largest absolute Gasteiger partial charge is 0.508 e. The summed E-state index contributed by atoms with van der Waals surface area (Å²) < 4.78 is 6.39. The molecule has 1 heterocycles. The first-order chi connectivity index (χ1) is 9.20. The van der Waals surface area contributed by atoms with Crippen molar-refractivity contribution in [1.82, 2.24) is 5.32 Å².